The average Bonchev–Trinajstić information content (AvgIpc) is 2.85. The summed E-state index contributed by atoms with van der Waals surface area (Å²) in [6, 6.07) is 11.7. The fourth-order valence-electron chi connectivity index (χ4n) is 4.05. The lowest BCUT2D eigenvalue weighted by atomic mass is 9.87. The molecule has 2 aromatic rings. The number of nitrogens with one attached hydrogen (secondary N) is 1. The van der Waals surface area contributed by atoms with Crippen molar-refractivity contribution < 1.29 is 24.5 Å². The number of carbonyl (C=O) groups excluding carboxylic acids is 2. The summed E-state index contributed by atoms with van der Waals surface area (Å²) in [5, 5.41) is 24.1. The minimum atomic E-state index is -1.11. The summed E-state index contributed by atoms with van der Waals surface area (Å²) in [6.07, 6.45) is 0.606. The number of hydrogen-bond donors (Lipinski definition) is 3. The molecule has 2 amide bonds. The molecule has 0 aliphatic heterocycles. The number of nitrogens with zero attached hydrogens (tertiary/aromatic N) is 1. The lowest BCUT2D eigenvalue weighted by Gasteiger charge is -2.40. The molecule has 0 saturated heterocycles. The van der Waals surface area contributed by atoms with E-state index in [9.17, 15) is 14.7 Å². The predicted octanol–water partition coefficient (Wildman–Crippen LogP) is 4.34. The Morgan fingerprint density at radius 2 is 1.97 bits per heavy atom. The van der Waals surface area contributed by atoms with Gasteiger partial charge >= 0.3 is 0 Å². The first-order valence-corrected chi connectivity index (χ1v) is 13.5. The van der Waals surface area contributed by atoms with Gasteiger partial charge in [-0.3, -0.25) is 9.59 Å². The molecule has 3 atom stereocenters. The number of ether oxygens (including phenoxy) is 1. The second-order valence-corrected chi connectivity index (χ2v) is 10.5. The number of aliphatic hydroxyl groups excluding tert-OH is 2. The minimum absolute atomic E-state index is 0.0877. The number of hydrogen-bond acceptors (Lipinski definition) is 5. The number of aliphatic hydroxyl groups is 2. The van der Waals surface area contributed by atoms with Crippen molar-refractivity contribution in [3.05, 3.63) is 73.3 Å². The summed E-state index contributed by atoms with van der Waals surface area (Å²) >= 11 is 14.6. The number of benzene rings is 2. The topological polar surface area (TPSA) is 99.1 Å². The van der Waals surface area contributed by atoms with Crippen molar-refractivity contribution in [2.24, 2.45) is 0 Å². The Hall–Kier alpha value is -1.85. The summed E-state index contributed by atoms with van der Waals surface area (Å²) in [5.74, 6) is 0.00342. The third-order valence-electron chi connectivity index (χ3n) is 5.85. The molecule has 3 rings (SSSR count). The SMILES string of the molecule is CCCC(=O)N(Cc1ccc(Cl)cc1Cl)[C@@H]1CC(C(=O)NCCO)=C[C@H](Oc2ccccc2I)[C@H]1O. The first-order valence-electron chi connectivity index (χ1n) is 11.7. The van der Waals surface area contributed by atoms with Crippen LogP contribution in [0.25, 0.3) is 0 Å². The van der Waals surface area contributed by atoms with E-state index in [2.05, 4.69) is 27.9 Å². The molecule has 1 aliphatic carbocycles. The van der Waals surface area contributed by atoms with Crippen molar-refractivity contribution >= 4 is 57.6 Å². The third-order valence-corrected chi connectivity index (χ3v) is 7.33. The quantitative estimate of drug-likeness (QED) is 0.334. The van der Waals surface area contributed by atoms with Crippen LogP contribution in [-0.2, 0) is 16.1 Å². The van der Waals surface area contributed by atoms with E-state index in [1.54, 1.807) is 35.2 Å². The van der Waals surface area contributed by atoms with Crippen LogP contribution in [-0.4, -0.2) is 58.3 Å². The third kappa shape index (κ3) is 7.35. The molecule has 194 valence electrons. The average molecular weight is 647 g/mol. The molecule has 0 spiro atoms. The summed E-state index contributed by atoms with van der Waals surface area (Å²) in [5.41, 5.74) is 1.04. The molecule has 0 aromatic heterocycles. The summed E-state index contributed by atoms with van der Waals surface area (Å²) in [4.78, 5) is 27.7. The molecular formula is C26H29Cl2IN2O5. The molecule has 0 radical (unpaired) electrons. The van der Waals surface area contributed by atoms with Gasteiger partial charge in [0.15, 0.2) is 0 Å². The molecule has 7 nitrogen and oxygen atoms in total. The van der Waals surface area contributed by atoms with Gasteiger partial charge in [0.25, 0.3) is 0 Å². The van der Waals surface area contributed by atoms with Crippen LogP contribution in [0.2, 0.25) is 10.0 Å². The fourth-order valence-corrected chi connectivity index (χ4v) is 5.03. The van der Waals surface area contributed by atoms with E-state index in [0.717, 1.165) is 3.57 Å². The summed E-state index contributed by atoms with van der Waals surface area (Å²) in [7, 11) is 0. The van der Waals surface area contributed by atoms with E-state index in [0.29, 0.717) is 33.4 Å². The number of halogens is 3. The van der Waals surface area contributed by atoms with Crippen molar-refractivity contribution in [1.82, 2.24) is 10.2 Å². The molecule has 10 heteroatoms. The second-order valence-electron chi connectivity index (χ2n) is 8.45. The van der Waals surface area contributed by atoms with Crippen LogP contribution in [0.4, 0.5) is 0 Å². The van der Waals surface area contributed by atoms with Crippen molar-refractivity contribution in [1.29, 1.82) is 0 Å². The molecule has 0 fully saturated rings. The maximum atomic E-state index is 13.3. The molecule has 1 aliphatic rings. The van der Waals surface area contributed by atoms with Gasteiger partial charge in [0.2, 0.25) is 11.8 Å². The van der Waals surface area contributed by atoms with Gasteiger partial charge in [-0.2, -0.15) is 0 Å². The first kappa shape index (κ1) is 28.7. The molecule has 0 bridgehead atoms. The number of carbonyl (C=O) groups is 2. The monoisotopic (exact) mass is 646 g/mol. The van der Waals surface area contributed by atoms with E-state index in [4.69, 9.17) is 33.0 Å². The fraction of sp³-hybridized carbons (Fsp3) is 0.385. The highest BCUT2D eigenvalue weighted by Crippen LogP contribution is 2.32. The Kier molecular flexibility index (Phi) is 10.9. The van der Waals surface area contributed by atoms with Gasteiger partial charge in [0, 0.05) is 41.5 Å². The van der Waals surface area contributed by atoms with E-state index in [1.807, 2.05) is 25.1 Å². The van der Waals surface area contributed by atoms with Gasteiger partial charge in [-0.05, 0) is 64.9 Å². The molecule has 0 heterocycles. The first-order chi connectivity index (χ1) is 17.2. The minimum Gasteiger partial charge on any atom is -0.482 e. The number of rotatable bonds is 10. The largest absolute Gasteiger partial charge is 0.482 e. The zero-order valence-electron chi connectivity index (χ0n) is 19.8. The zero-order chi connectivity index (χ0) is 26.2. The summed E-state index contributed by atoms with van der Waals surface area (Å²) in [6.45, 7) is 1.92. The Morgan fingerprint density at radius 3 is 2.64 bits per heavy atom. The van der Waals surface area contributed by atoms with Gasteiger partial charge < -0.3 is 25.2 Å². The maximum absolute atomic E-state index is 13.3. The summed E-state index contributed by atoms with van der Waals surface area (Å²) < 4.78 is 6.99. The molecular weight excluding hydrogens is 618 g/mol. The van der Waals surface area contributed by atoms with Crippen molar-refractivity contribution in [3.8, 4) is 5.75 Å². The Morgan fingerprint density at radius 1 is 1.22 bits per heavy atom. The van der Waals surface area contributed by atoms with Crippen LogP contribution >= 0.6 is 45.8 Å². The highest BCUT2D eigenvalue weighted by Gasteiger charge is 2.40. The highest BCUT2D eigenvalue weighted by atomic mass is 127. The van der Waals surface area contributed by atoms with Crippen molar-refractivity contribution in [2.75, 3.05) is 13.2 Å². The second kappa shape index (κ2) is 13.6. The maximum Gasteiger partial charge on any atom is 0.247 e. The van der Waals surface area contributed by atoms with Gasteiger partial charge in [0.1, 0.15) is 18.0 Å². The molecule has 3 N–H and O–H groups in total. The Balaban J connectivity index is 1.99. The van der Waals surface area contributed by atoms with Gasteiger partial charge in [-0.1, -0.05) is 48.3 Å². The van der Waals surface area contributed by atoms with Crippen LogP contribution in [0, 0.1) is 3.57 Å². The molecule has 36 heavy (non-hydrogen) atoms. The van der Waals surface area contributed by atoms with Crippen molar-refractivity contribution in [2.45, 2.75) is 51.0 Å². The smallest absolute Gasteiger partial charge is 0.247 e. The zero-order valence-corrected chi connectivity index (χ0v) is 23.5. The van der Waals surface area contributed by atoms with Crippen LogP contribution < -0.4 is 10.1 Å². The van der Waals surface area contributed by atoms with E-state index < -0.39 is 18.2 Å². The number of amides is 2. The predicted molar refractivity (Wildman–Crippen MR) is 148 cm³/mol. The normalized spacial score (nSPS) is 19.4. The highest BCUT2D eigenvalue weighted by molar-refractivity contribution is 14.1. The van der Waals surface area contributed by atoms with Crippen LogP contribution in [0.3, 0.4) is 0 Å². The van der Waals surface area contributed by atoms with E-state index >= 15 is 0 Å². The molecule has 0 saturated carbocycles. The van der Waals surface area contributed by atoms with Crippen LogP contribution in [0.1, 0.15) is 31.7 Å². The Labute approximate surface area is 234 Å². The lowest BCUT2D eigenvalue weighted by Crippen LogP contribution is -2.54. The van der Waals surface area contributed by atoms with E-state index in [-0.39, 0.29) is 44.4 Å². The van der Waals surface area contributed by atoms with Crippen LogP contribution in [0.15, 0.2) is 54.1 Å². The van der Waals surface area contributed by atoms with E-state index in [1.165, 1.54) is 0 Å². The van der Waals surface area contributed by atoms with Gasteiger partial charge in [-0.15, -0.1) is 0 Å². The van der Waals surface area contributed by atoms with Crippen molar-refractivity contribution in [3.63, 3.8) is 0 Å². The molecule has 0 unspecified atom stereocenters. The standard InChI is InChI=1S/C26H29Cl2IN2O5/c1-2-5-24(33)31(15-16-8-9-18(27)14-19(16)28)21-12-17(26(35)30-10-11-32)13-23(25(21)34)36-22-7-4-3-6-20(22)29/h3-4,6-9,13-14,21,23,25,32,34H,2,5,10-12,15H2,1H3,(H,30,35)/t21-,23+,25+/m1/s1. The number of para-hydroxylation sites is 1. The lowest BCUT2D eigenvalue weighted by molar-refractivity contribution is -0.139. The van der Waals surface area contributed by atoms with Gasteiger partial charge in [-0.25, -0.2) is 0 Å². The molecule has 2 aromatic carbocycles. The Bertz CT molecular complexity index is 1110. The van der Waals surface area contributed by atoms with Gasteiger partial charge in [0.05, 0.1) is 16.2 Å². The van der Waals surface area contributed by atoms with Crippen LogP contribution in [0.5, 0.6) is 5.75 Å².